The summed E-state index contributed by atoms with van der Waals surface area (Å²) < 4.78 is 0. The zero-order valence-corrected chi connectivity index (χ0v) is 20.9. The maximum absolute atomic E-state index is 5.04. The third kappa shape index (κ3) is 12.9. The first kappa shape index (κ1) is 26.6. The zero-order valence-electron chi connectivity index (χ0n) is 19.0. The van der Waals surface area contributed by atoms with Crippen LogP contribution in [0.15, 0.2) is 0 Å². The van der Waals surface area contributed by atoms with E-state index in [9.17, 15) is 0 Å². The molecule has 1 unspecified atom stereocenters. The summed E-state index contributed by atoms with van der Waals surface area (Å²) in [6.45, 7) is 9.53. The molecule has 0 heterocycles. The van der Waals surface area contributed by atoms with Crippen molar-refractivity contribution >= 4 is 20.7 Å². The zero-order chi connectivity index (χ0) is 19.5. The van der Waals surface area contributed by atoms with Crippen LogP contribution in [0.4, 0.5) is 0 Å². The van der Waals surface area contributed by atoms with Gasteiger partial charge in [0.25, 0.3) is 0 Å². The molecule has 0 amide bonds. The Balaban J connectivity index is 3.36. The molecule has 0 fully saturated rings. The van der Waals surface area contributed by atoms with E-state index in [1.165, 1.54) is 121 Å². The van der Waals surface area contributed by atoms with Crippen LogP contribution in [0.2, 0.25) is 18.1 Å². The van der Waals surface area contributed by atoms with Crippen molar-refractivity contribution < 1.29 is 0 Å². The number of hydrogen-bond acceptors (Lipinski definition) is 1. The predicted molar refractivity (Wildman–Crippen MR) is 130 cm³/mol. The number of unbranched alkanes of at least 4 members (excludes halogenated alkanes) is 14. The van der Waals surface area contributed by atoms with Gasteiger partial charge < -0.3 is 0 Å². The summed E-state index contributed by atoms with van der Waals surface area (Å²) in [6, 6.07) is 4.27. The van der Waals surface area contributed by atoms with Crippen LogP contribution in [0.1, 0.15) is 130 Å². The normalized spacial score (nSPS) is 13.3. The lowest BCUT2D eigenvalue weighted by Crippen LogP contribution is -2.42. The van der Waals surface area contributed by atoms with Crippen LogP contribution in [0.25, 0.3) is 0 Å². The summed E-state index contributed by atoms with van der Waals surface area (Å²) in [5.41, 5.74) is 0. The summed E-state index contributed by atoms with van der Waals surface area (Å²) in [6.07, 6.45) is 23.2. The van der Waals surface area contributed by atoms with Crippen molar-refractivity contribution in [3.8, 4) is 0 Å². The van der Waals surface area contributed by atoms with Crippen molar-refractivity contribution in [1.82, 2.24) is 0 Å². The maximum Gasteiger partial charge on any atom is 0.0667 e. The smallest absolute Gasteiger partial charge is 0.0667 e. The van der Waals surface area contributed by atoms with Crippen molar-refractivity contribution in [2.75, 3.05) is 0 Å². The van der Waals surface area contributed by atoms with Crippen LogP contribution in [-0.4, -0.2) is 12.9 Å². The van der Waals surface area contributed by atoms with Gasteiger partial charge in [0.15, 0.2) is 0 Å². The van der Waals surface area contributed by atoms with E-state index in [4.69, 9.17) is 12.6 Å². The summed E-state index contributed by atoms with van der Waals surface area (Å²) >= 11 is 5.04. The SMILES string of the molecule is CCCCCCCCCCCCCCCCCC(S)[Si](CC)(CC)CC. The Bertz CT molecular complexity index is 267. The van der Waals surface area contributed by atoms with Crippen molar-refractivity contribution in [3.05, 3.63) is 0 Å². The fraction of sp³-hybridized carbons (Fsp3) is 1.00. The van der Waals surface area contributed by atoms with E-state index in [-0.39, 0.29) is 0 Å². The first-order valence-electron chi connectivity index (χ1n) is 12.3. The Kier molecular flexibility index (Phi) is 19.3. The van der Waals surface area contributed by atoms with Gasteiger partial charge in [0.05, 0.1) is 8.07 Å². The van der Waals surface area contributed by atoms with E-state index in [2.05, 4.69) is 27.7 Å². The highest BCUT2D eigenvalue weighted by Gasteiger charge is 2.33. The Morgan fingerprint density at radius 3 is 1.12 bits per heavy atom. The molecule has 0 spiro atoms. The molecule has 0 radical (unpaired) electrons. The molecule has 26 heavy (non-hydrogen) atoms. The van der Waals surface area contributed by atoms with E-state index in [0.717, 1.165) is 4.87 Å². The molecule has 0 rings (SSSR count). The monoisotopic (exact) mass is 400 g/mol. The van der Waals surface area contributed by atoms with Crippen LogP contribution in [0.5, 0.6) is 0 Å². The molecule has 0 N–H and O–H groups in total. The minimum Gasteiger partial charge on any atom is -0.179 e. The molecular formula is C24H52SSi. The molecule has 0 aliphatic heterocycles. The average Bonchev–Trinajstić information content (AvgIpc) is 2.66. The van der Waals surface area contributed by atoms with Crippen molar-refractivity contribution in [1.29, 1.82) is 0 Å². The second-order valence-electron chi connectivity index (χ2n) is 8.68. The molecule has 0 aromatic rings. The largest absolute Gasteiger partial charge is 0.179 e. The molecule has 0 saturated carbocycles. The lowest BCUT2D eigenvalue weighted by atomic mass is 10.0. The summed E-state index contributed by atoms with van der Waals surface area (Å²) in [7, 11) is -1.06. The highest BCUT2D eigenvalue weighted by molar-refractivity contribution is 7.83. The molecular weight excluding hydrogens is 348 g/mol. The Morgan fingerprint density at radius 2 is 0.808 bits per heavy atom. The third-order valence-electron chi connectivity index (χ3n) is 6.90. The minimum absolute atomic E-state index is 0.740. The van der Waals surface area contributed by atoms with Crippen LogP contribution >= 0.6 is 12.6 Å². The van der Waals surface area contributed by atoms with E-state index in [0.29, 0.717) is 0 Å². The number of hydrogen-bond donors (Lipinski definition) is 1. The van der Waals surface area contributed by atoms with Gasteiger partial charge in [0.2, 0.25) is 0 Å². The first-order valence-corrected chi connectivity index (χ1v) is 15.6. The summed E-state index contributed by atoms with van der Waals surface area (Å²) in [5, 5.41) is 0. The molecule has 2 heteroatoms. The second kappa shape index (κ2) is 18.9. The Morgan fingerprint density at radius 1 is 0.500 bits per heavy atom. The lowest BCUT2D eigenvalue weighted by molar-refractivity contribution is 0.531. The molecule has 0 saturated heterocycles. The third-order valence-corrected chi connectivity index (χ3v) is 14.7. The fourth-order valence-corrected chi connectivity index (χ4v) is 10.0. The fourth-order valence-electron chi connectivity index (χ4n) is 4.47. The molecule has 0 bridgehead atoms. The van der Waals surface area contributed by atoms with E-state index in [1.54, 1.807) is 0 Å². The van der Waals surface area contributed by atoms with Gasteiger partial charge >= 0.3 is 0 Å². The summed E-state index contributed by atoms with van der Waals surface area (Å²) in [5.74, 6) is 0. The molecule has 0 aliphatic rings. The van der Waals surface area contributed by atoms with Crippen LogP contribution in [0.3, 0.4) is 0 Å². The van der Waals surface area contributed by atoms with Crippen molar-refractivity contribution in [2.45, 2.75) is 153 Å². The van der Waals surface area contributed by atoms with Gasteiger partial charge in [-0.3, -0.25) is 0 Å². The van der Waals surface area contributed by atoms with E-state index < -0.39 is 8.07 Å². The van der Waals surface area contributed by atoms with Gasteiger partial charge in [0.1, 0.15) is 0 Å². The minimum atomic E-state index is -1.06. The average molecular weight is 401 g/mol. The van der Waals surface area contributed by atoms with Crippen LogP contribution in [0, 0.1) is 0 Å². The Labute approximate surface area is 174 Å². The molecule has 158 valence electrons. The molecule has 0 aromatic heterocycles. The molecule has 0 nitrogen and oxygen atoms in total. The van der Waals surface area contributed by atoms with Gasteiger partial charge in [-0.25, -0.2) is 0 Å². The van der Waals surface area contributed by atoms with Gasteiger partial charge in [-0.2, -0.15) is 12.6 Å². The maximum atomic E-state index is 5.04. The van der Waals surface area contributed by atoms with Gasteiger partial charge in [-0.15, -0.1) is 0 Å². The Hall–Kier alpha value is 0.567. The lowest BCUT2D eigenvalue weighted by Gasteiger charge is -2.34. The van der Waals surface area contributed by atoms with Gasteiger partial charge in [0, 0.05) is 0 Å². The number of thiol groups is 1. The molecule has 1 atom stereocenters. The molecule has 0 aromatic carbocycles. The highest BCUT2D eigenvalue weighted by atomic mass is 32.1. The topological polar surface area (TPSA) is 0 Å². The van der Waals surface area contributed by atoms with Gasteiger partial charge in [-0.05, 0) is 11.3 Å². The molecule has 0 aliphatic carbocycles. The number of rotatable bonds is 20. The summed E-state index contributed by atoms with van der Waals surface area (Å²) in [4.78, 5) is 0.740. The quantitative estimate of drug-likeness (QED) is 0.117. The van der Waals surface area contributed by atoms with E-state index >= 15 is 0 Å². The van der Waals surface area contributed by atoms with Crippen LogP contribution < -0.4 is 0 Å². The van der Waals surface area contributed by atoms with Crippen molar-refractivity contribution in [2.24, 2.45) is 0 Å². The first-order chi connectivity index (χ1) is 12.7. The standard InChI is InChI=1S/C24H52SSi/c1-5-9-10-11-12-13-14-15-16-17-18-19-20-21-22-23-24(25)26(6-2,7-3)8-4/h24-25H,5-23H2,1-4H3. The van der Waals surface area contributed by atoms with E-state index in [1.807, 2.05) is 0 Å². The van der Waals surface area contributed by atoms with Crippen LogP contribution in [-0.2, 0) is 0 Å². The highest BCUT2D eigenvalue weighted by Crippen LogP contribution is 2.31. The predicted octanol–water partition coefficient (Wildman–Crippen LogP) is 9.59. The van der Waals surface area contributed by atoms with Crippen molar-refractivity contribution in [3.63, 3.8) is 0 Å². The second-order valence-corrected chi connectivity index (χ2v) is 15.3. The van der Waals surface area contributed by atoms with Gasteiger partial charge in [-0.1, -0.05) is 142 Å².